The first-order valence-corrected chi connectivity index (χ1v) is 5.98. The first kappa shape index (κ1) is 11.4. The van der Waals surface area contributed by atoms with Gasteiger partial charge in [-0.3, -0.25) is 4.57 Å². The van der Waals surface area contributed by atoms with Gasteiger partial charge >= 0.3 is 5.69 Å². The van der Waals surface area contributed by atoms with E-state index in [9.17, 15) is 9.18 Å². The van der Waals surface area contributed by atoms with Crippen LogP contribution in [0.15, 0.2) is 11.0 Å². The van der Waals surface area contributed by atoms with Gasteiger partial charge in [-0.25, -0.2) is 9.18 Å². The Morgan fingerprint density at radius 1 is 1.81 bits per heavy atom. The molecule has 16 heavy (non-hydrogen) atoms. The number of nitrogens with zero attached hydrogens (tertiary/aromatic N) is 2. The minimum atomic E-state index is -0.701. The van der Waals surface area contributed by atoms with E-state index in [4.69, 9.17) is 10.5 Å². The van der Waals surface area contributed by atoms with Crippen molar-refractivity contribution in [3.63, 3.8) is 0 Å². The second kappa shape index (κ2) is 4.42. The SMILES string of the molecule is CC[C@@H]1OC(n2cc(F)c(N)nc2=O)CS1. The lowest BCUT2D eigenvalue weighted by molar-refractivity contribution is 0.0142. The zero-order chi connectivity index (χ0) is 11.7. The van der Waals surface area contributed by atoms with Gasteiger partial charge in [-0.1, -0.05) is 6.92 Å². The van der Waals surface area contributed by atoms with Crippen molar-refractivity contribution in [1.82, 2.24) is 9.55 Å². The number of hydrogen-bond donors (Lipinski definition) is 1. The van der Waals surface area contributed by atoms with E-state index in [2.05, 4.69) is 4.98 Å². The number of nitrogens with two attached hydrogens (primary N) is 1. The molecule has 1 saturated heterocycles. The second-order valence-electron chi connectivity index (χ2n) is 3.43. The van der Waals surface area contributed by atoms with Gasteiger partial charge in [-0.15, -0.1) is 11.8 Å². The predicted octanol–water partition coefficient (Wildman–Crippen LogP) is 0.963. The van der Waals surface area contributed by atoms with E-state index in [-0.39, 0.29) is 11.3 Å². The average Bonchev–Trinajstić information content (AvgIpc) is 2.71. The molecule has 2 atom stereocenters. The van der Waals surface area contributed by atoms with Gasteiger partial charge in [0.05, 0.1) is 6.20 Å². The number of ether oxygens (including phenoxy) is 1. The zero-order valence-electron chi connectivity index (χ0n) is 8.72. The summed E-state index contributed by atoms with van der Waals surface area (Å²) in [5, 5.41) is 0. The molecule has 1 fully saturated rings. The highest BCUT2D eigenvalue weighted by Crippen LogP contribution is 2.32. The quantitative estimate of drug-likeness (QED) is 0.840. The second-order valence-corrected chi connectivity index (χ2v) is 4.62. The lowest BCUT2D eigenvalue weighted by Gasteiger charge is -2.13. The molecule has 0 bridgehead atoms. The van der Waals surface area contributed by atoms with E-state index in [1.54, 1.807) is 11.8 Å². The fraction of sp³-hybridized carbons (Fsp3) is 0.556. The molecule has 0 radical (unpaired) electrons. The highest BCUT2D eigenvalue weighted by Gasteiger charge is 2.27. The number of rotatable bonds is 2. The van der Waals surface area contributed by atoms with Crippen LogP contribution in [0.2, 0.25) is 0 Å². The minimum absolute atomic E-state index is 0.0533. The number of thioether (sulfide) groups is 1. The molecule has 2 N–H and O–H groups in total. The molecule has 0 amide bonds. The Morgan fingerprint density at radius 3 is 3.19 bits per heavy atom. The molecule has 1 aromatic rings. The lowest BCUT2D eigenvalue weighted by Crippen LogP contribution is -2.29. The zero-order valence-corrected chi connectivity index (χ0v) is 9.54. The smallest absolute Gasteiger partial charge is 0.351 e. The summed E-state index contributed by atoms with van der Waals surface area (Å²) in [6, 6.07) is 0. The van der Waals surface area contributed by atoms with Crippen molar-refractivity contribution < 1.29 is 9.13 Å². The van der Waals surface area contributed by atoms with Crippen molar-refractivity contribution in [2.24, 2.45) is 0 Å². The molecule has 2 heterocycles. The molecule has 0 saturated carbocycles. The molecular formula is C9H12FN3O2S. The van der Waals surface area contributed by atoms with Crippen LogP contribution in [0.3, 0.4) is 0 Å². The Bertz CT molecular complexity index is 451. The van der Waals surface area contributed by atoms with Crippen molar-refractivity contribution >= 4 is 17.6 Å². The van der Waals surface area contributed by atoms with Crippen molar-refractivity contribution in [2.75, 3.05) is 11.5 Å². The van der Waals surface area contributed by atoms with Gasteiger partial charge in [0.1, 0.15) is 11.7 Å². The van der Waals surface area contributed by atoms with Crippen LogP contribution in [-0.2, 0) is 4.74 Å². The van der Waals surface area contributed by atoms with E-state index >= 15 is 0 Å². The van der Waals surface area contributed by atoms with Crippen molar-refractivity contribution in [3.8, 4) is 0 Å². The van der Waals surface area contributed by atoms with Gasteiger partial charge in [-0.05, 0) is 6.42 Å². The monoisotopic (exact) mass is 245 g/mol. The van der Waals surface area contributed by atoms with Gasteiger partial charge in [0.15, 0.2) is 11.6 Å². The summed E-state index contributed by atoms with van der Waals surface area (Å²) in [7, 11) is 0. The Labute approximate surface area is 95.8 Å². The summed E-state index contributed by atoms with van der Waals surface area (Å²) >= 11 is 1.60. The minimum Gasteiger partial charge on any atom is -0.381 e. The Kier molecular flexibility index (Phi) is 3.15. The highest BCUT2D eigenvalue weighted by molar-refractivity contribution is 7.99. The molecule has 1 aliphatic rings. The van der Waals surface area contributed by atoms with Gasteiger partial charge in [-0.2, -0.15) is 4.98 Å². The highest BCUT2D eigenvalue weighted by atomic mass is 32.2. The molecule has 88 valence electrons. The van der Waals surface area contributed by atoms with Crippen LogP contribution in [0, 0.1) is 5.82 Å². The molecule has 1 aliphatic heterocycles. The van der Waals surface area contributed by atoms with Gasteiger partial charge < -0.3 is 10.5 Å². The molecule has 1 unspecified atom stereocenters. The van der Waals surface area contributed by atoms with Crippen LogP contribution in [0.25, 0.3) is 0 Å². The van der Waals surface area contributed by atoms with Crippen LogP contribution in [0.1, 0.15) is 19.6 Å². The summed E-state index contributed by atoms with van der Waals surface area (Å²) < 4.78 is 19.9. The molecule has 2 rings (SSSR count). The average molecular weight is 245 g/mol. The summed E-state index contributed by atoms with van der Waals surface area (Å²) in [4.78, 5) is 14.9. The first-order chi connectivity index (χ1) is 7.61. The van der Waals surface area contributed by atoms with E-state index < -0.39 is 17.7 Å². The molecule has 5 nitrogen and oxygen atoms in total. The Morgan fingerprint density at radius 2 is 2.56 bits per heavy atom. The standard InChI is InChI=1S/C9H12FN3O2S/c1-2-7-15-6(4-16-7)13-3-5(10)8(11)12-9(13)14/h3,6-7H,2,4H2,1H3,(H2,11,12,14)/t6?,7-/m1/s1. The molecule has 0 aliphatic carbocycles. The van der Waals surface area contributed by atoms with Crippen LogP contribution < -0.4 is 11.4 Å². The molecule has 0 spiro atoms. The fourth-order valence-electron chi connectivity index (χ4n) is 1.47. The molecule has 0 aromatic carbocycles. The Hall–Kier alpha value is -1.08. The van der Waals surface area contributed by atoms with Crippen LogP contribution >= 0.6 is 11.8 Å². The van der Waals surface area contributed by atoms with Crippen molar-refractivity contribution in [2.45, 2.75) is 25.0 Å². The number of aromatic nitrogens is 2. The number of nitrogen functional groups attached to an aromatic ring is 1. The maximum absolute atomic E-state index is 13.2. The topological polar surface area (TPSA) is 70.1 Å². The summed E-state index contributed by atoms with van der Waals surface area (Å²) in [5.41, 5.74) is 4.67. The number of halogens is 1. The van der Waals surface area contributed by atoms with E-state index in [0.717, 1.165) is 17.2 Å². The lowest BCUT2D eigenvalue weighted by atomic mass is 10.5. The van der Waals surface area contributed by atoms with Gasteiger partial charge in [0.25, 0.3) is 0 Å². The normalized spacial score (nSPS) is 24.9. The Balaban J connectivity index is 2.28. The summed E-state index contributed by atoms with van der Waals surface area (Å²) in [6.07, 6.45) is 1.44. The molecular weight excluding hydrogens is 233 g/mol. The van der Waals surface area contributed by atoms with Gasteiger partial charge in [0.2, 0.25) is 0 Å². The molecule has 7 heteroatoms. The summed E-state index contributed by atoms with van der Waals surface area (Å²) in [5.74, 6) is -0.462. The van der Waals surface area contributed by atoms with Crippen molar-refractivity contribution in [1.29, 1.82) is 0 Å². The van der Waals surface area contributed by atoms with E-state index in [1.807, 2.05) is 6.92 Å². The first-order valence-electron chi connectivity index (χ1n) is 4.93. The van der Waals surface area contributed by atoms with Crippen molar-refractivity contribution in [3.05, 3.63) is 22.5 Å². The number of hydrogen-bond acceptors (Lipinski definition) is 5. The van der Waals surface area contributed by atoms with Gasteiger partial charge in [0, 0.05) is 5.75 Å². The third-order valence-corrected chi connectivity index (χ3v) is 3.61. The third kappa shape index (κ3) is 2.05. The molecule has 1 aromatic heterocycles. The van der Waals surface area contributed by atoms with Crippen LogP contribution in [0.5, 0.6) is 0 Å². The van der Waals surface area contributed by atoms with E-state index in [1.165, 1.54) is 0 Å². The van der Waals surface area contributed by atoms with E-state index in [0.29, 0.717) is 5.75 Å². The van der Waals surface area contributed by atoms with Crippen LogP contribution in [-0.4, -0.2) is 20.7 Å². The predicted molar refractivity (Wildman–Crippen MR) is 59.5 cm³/mol. The van der Waals surface area contributed by atoms with Crippen LogP contribution in [0.4, 0.5) is 10.2 Å². The fourth-order valence-corrected chi connectivity index (χ4v) is 2.53. The maximum atomic E-state index is 13.2. The third-order valence-electron chi connectivity index (χ3n) is 2.31. The maximum Gasteiger partial charge on any atom is 0.351 e. The largest absolute Gasteiger partial charge is 0.381 e. The summed E-state index contributed by atoms with van der Waals surface area (Å²) in [6.45, 7) is 1.99. The number of anilines is 1.